The fourth-order valence-electron chi connectivity index (χ4n) is 4.71. The summed E-state index contributed by atoms with van der Waals surface area (Å²) >= 11 is 0. The minimum absolute atomic E-state index is 0.0116. The number of benzene rings is 3. The summed E-state index contributed by atoms with van der Waals surface area (Å²) < 4.78 is 9.67. The van der Waals surface area contributed by atoms with E-state index < -0.39 is 52.4 Å². The van der Waals surface area contributed by atoms with Gasteiger partial charge in [0, 0.05) is 16.7 Å². The minimum atomic E-state index is -2.09. The predicted octanol–water partition coefficient (Wildman–Crippen LogP) is 2.34. The largest absolute Gasteiger partial charge is 0.465 e. The number of aromatic amines is 1. The number of nitrogens with zero attached hydrogens (tertiary/aromatic N) is 1. The maximum absolute atomic E-state index is 13.3. The van der Waals surface area contributed by atoms with E-state index in [0.29, 0.717) is 0 Å². The third-order valence-electron chi connectivity index (χ3n) is 6.65. The Labute approximate surface area is 236 Å². The van der Waals surface area contributed by atoms with Crippen molar-refractivity contribution in [1.82, 2.24) is 9.97 Å². The number of fused-ring (bicyclic) bond motifs is 4. The van der Waals surface area contributed by atoms with Crippen LogP contribution in [0, 0.1) is 0 Å². The van der Waals surface area contributed by atoms with Crippen LogP contribution in [0.3, 0.4) is 0 Å². The summed E-state index contributed by atoms with van der Waals surface area (Å²) in [5.74, 6) is -7.73. The van der Waals surface area contributed by atoms with Crippen LogP contribution in [0.5, 0.6) is 0 Å². The molecule has 1 amide bonds. The number of amides is 1. The van der Waals surface area contributed by atoms with Crippen LogP contribution in [0.2, 0.25) is 0 Å². The van der Waals surface area contributed by atoms with Crippen molar-refractivity contribution in [3.05, 3.63) is 105 Å². The third-order valence-corrected chi connectivity index (χ3v) is 6.65. The molecule has 1 heterocycles. The smallest absolute Gasteiger partial charge is 0.339 e. The molecule has 210 valence electrons. The molecule has 5 rings (SSSR count). The molecular weight excluding hydrogens is 546 g/mol. The van der Waals surface area contributed by atoms with Gasteiger partial charge in [-0.2, -0.15) is 0 Å². The summed E-state index contributed by atoms with van der Waals surface area (Å²) in [5, 5.41) is 2.27. The van der Waals surface area contributed by atoms with Gasteiger partial charge in [-0.15, -0.1) is 0 Å². The molecule has 1 atom stereocenters. The van der Waals surface area contributed by atoms with Gasteiger partial charge >= 0.3 is 11.9 Å². The Morgan fingerprint density at radius 2 is 1.55 bits per heavy atom. The lowest BCUT2D eigenvalue weighted by atomic mass is 9.83. The van der Waals surface area contributed by atoms with Gasteiger partial charge in [-0.25, -0.2) is 9.78 Å². The quantitative estimate of drug-likeness (QED) is 0.168. The van der Waals surface area contributed by atoms with Crippen molar-refractivity contribution in [3.8, 4) is 0 Å². The topological polar surface area (TPSA) is 179 Å². The minimum Gasteiger partial charge on any atom is -0.465 e. The third kappa shape index (κ3) is 4.64. The van der Waals surface area contributed by atoms with Crippen LogP contribution in [-0.4, -0.2) is 58.9 Å². The molecule has 0 aliphatic heterocycles. The van der Waals surface area contributed by atoms with E-state index in [1.54, 1.807) is 12.1 Å². The van der Waals surface area contributed by atoms with Gasteiger partial charge < -0.3 is 19.8 Å². The van der Waals surface area contributed by atoms with Crippen molar-refractivity contribution in [2.75, 3.05) is 19.0 Å². The first-order valence-electron chi connectivity index (χ1n) is 12.6. The molecule has 3 aromatic carbocycles. The van der Waals surface area contributed by atoms with Gasteiger partial charge in [-0.3, -0.25) is 28.8 Å². The van der Waals surface area contributed by atoms with Gasteiger partial charge in [0.05, 0.1) is 41.6 Å². The molecule has 1 aliphatic carbocycles. The average molecular weight is 568 g/mol. The molecule has 0 bridgehead atoms. The van der Waals surface area contributed by atoms with Gasteiger partial charge in [0.15, 0.2) is 17.5 Å². The number of nitrogens with one attached hydrogen (secondary N) is 2. The van der Waals surface area contributed by atoms with Crippen molar-refractivity contribution in [2.24, 2.45) is 0 Å². The number of carbonyl (C=O) groups is 6. The first kappa shape index (κ1) is 27.8. The first-order chi connectivity index (χ1) is 20.2. The fraction of sp³-hybridized carbons (Fsp3) is 0.133. The molecule has 2 N–H and O–H groups in total. The lowest BCUT2D eigenvalue weighted by Crippen LogP contribution is -2.37. The monoisotopic (exact) mass is 567 g/mol. The molecule has 0 saturated carbocycles. The molecule has 1 unspecified atom stereocenters. The second-order valence-electron chi connectivity index (χ2n) is 9.08. The SMILES string of the molecule is CCOC(=O)C(C(=O)C(=O)Nc1ccccc1C(=O)OC)c1nc2ccc3c(c2[nH]c1=O)C(=O)c1ccccc1C3=O. The van der Waals surface area contributed by atoms with Crippen molar-refractivity contribution in [2.45, 2.75) is 12.8 Å². The van der Waals surface area contributed by atoms with E-state index in [1.807, 2.05) is 0 Å². The van der Waals surface area contributed by atoms with E-state index in [1.165, 1.54) is 55.5 Å². The number of esters is 2. The Morgan fingerprint density at radius 1 is 0.881 bits per heavy atom. The van der Waals surface area contributed by atoms with Crippen molar-refractivity contribution in [1.29, 1.82) is 0 Å². The number of Topliss-reactive ketones (excluding diaryl/α,β-unsaturated/α-hetero) is 1. The molecule has 0 fully saturated rings. The summed E-state index contributed by atoms with van der Waals surface area (Å²) in [6.45, 7) is 1.29. The molecule has 0 spiro atoms. The summed E-state index contributed by atoms with van der Waals surface area (Å²) in [4.78, 5) is 97.8. The Hall–Kier alpha value is -5.78. The molecule has 1 aromatic heterocycles. The van der Waals surface area contributed by atoms with E-state index in [0.717, 1.165) is 7.11 Å². The maximum Gasteiger partial charge on any atom is 0.339 e. The number of hydrogen-bond donors (Lipinski definition) is 2. The van der Waals surface area contributed by atoms with Gasteiger partial charge in [-0.1, -0.05) is 36.4 Å². The molecule has 12 heteroatoms. The molecule has 42 heavy (non-hydrogen) atoms. The fourth-order valence-corrected chi connectivity index (χ4v) is 4.71. The standard InChI is InChI=1S/C30H21N3O9/c1-3-42-30(40)21(26(36)28(38)32-18-11-7-6-10-16(18)29(39)41-2)23-27(37)33-22-19(31-23)13-12-17-20(22)25(35)15-9-5-4-8-14(15)24(17)34/h4-13,21H,3H2,1-2H3,(H,32,38)(H,33,37). The predicted molar refractivity (Wildman–Crippen MR) is 146 cm³/mol. The van der Waals surface area contributed by atoms with E-state index in [2.05, 4.69) is 20.0 Å². The average Bonchev–Trinajstić information content (AvgIpc) is 2.99. The van der Waals surface area contributed by atoms with E-state index in [9.17, 15) is 33.6 Å². The van der Waals surface area contributed by atoms with E-state index >= 15 is 0 Å². The van der Waals surface area contributed by atoms with Crippen LogP contribution >= 0.6 is 0 Å². The highest BCUT2D eigenvalue weighted by Gasteiger charge is 2.39. The van der Waals surface area contributed by atoms with Crippen molar-refractivity contribution >= 4 is 51.9 Å². The normalized spacial score (nSPS) is 12.6. The number of para-hydroxylation sites is 1. The first-order valence-corrected chi connectivity index (χ1v) is 12.6. The number of ether oxygens (including phenoxy) is 2. The lowest BCUT2D eigenvalue weighted by molar-refractivity contribution is -0.150. The summed E-state index contributed by atoms with van der Waals surface area (Å²) in [6.07, 6.45) is 0. The molecule has 1 aliphatic rings. The van der Waals surface area contributed by atoms with Gasteiger partial charge in [0.2, 0.25) is 5.78 Å². The maximum atomic E-state index is 13.3. The Kier molecular flexibility index (Phi) is 7.28. The molecule has 4 aromatic rings. The summed E-state index contributed by atoms with van der Waals surface area (Å²) in [7, 11) is 1.14. The number of anilines is 1. The van der Waals surface area contributed by atoms with Crippen molar-refractivity contribution in [3.63, 3.8) is 0 Å². The number of rotatable bonds is 7. The Balaban J connectivity index is 1.58. The van der Waals surface area contributed by atoms with Gasteiger partial charge in [0.25, 0.3) is 11.5 Å². The number of carbonyl (C=O) groups excluding carboxylic acids is 6. The number of methoxy groups -OCH3 is 1. The van der Waals surface area contributed by atoms with Crippen LogP contribution in [-0.2, 0) is 23.9 Å². The van der Waals surface area contributed by atoms with E-state index in [-0.39, 0.29) is 51.1 Å². The van der Waals surface area contributed by atoms with Crippen LogP contribution in [0.1, 0.15) is 60.7 Å². The zero-order chi connectivity index (χ0) is 30.1. The second kappa shape index (κ2) is 11.0. The molecular formula is C30H21N3O9. The molecule has 12 nitrogen and oxygen atoms in total. The van der Waals surface area contributed by atoms with E-state index in [4.69, 9.17) is 4.74 Å². The number of hydrogen-bond acceptors (Lipinski definition) is 10. The highest BCUT2D eigenvalue weighted by molar-refractivity contribution is 6.45. The number of ketones is 3. The van der Waals surface area contributed by atoms with Gasteiger partial charge in [0.1, 0.15) is 5.69 Å². The summed E-state index contributed by atoms with van der Waals surface area (Å²) in [6, 6.07) is 14.7. The molecule has 0 saturated heterocycles. The Bertz CT molecular complexity index is 1910. The highest BCUT2D eigenvalue weighted by Crippen LogP contribution is 2.31. The van der Waals surface area contributed by atoms with Crippen LogP contribution in [0.25, 0.3) is 11.0 Å². The van der Waals surface area contributed by atoms with Crippen LogP contribution in [0.15, 0.2) is 65.5 Å². The lowest BCUT2D eigenvalue weighted by Gasteiger charge is -2.19. The van der Waals surface area contributed by atoms with Crippen LogP contribution in [0.4, 0.5) is 5.69 Å². The zero-order valence-corrected chi connectivity index (χ0v) is 22.2. The number of aromatic nitrogens is 2. The number of H-pyrrole nitrogens is 1. The van der Waals surface area contributed by atoms with Gasteiger partial charge in [-0.05, 0) is 31.2 Å². The van der Waals surface area contributed by atoms with Crippen molar-refractivity contribution < 1.29 is 38.2 Å². The molecule has 0 radical (unpaired) electrons. The zero-order valence-electron chi connectivity index (χ0n) is 22.2. The Morgan fingerprint density at radius 3 is 2.24 bits per heavy atom. The second-order valence-corrected chi connectivity index (χ2v) is 9.08. The van der Waals surface area contributed by atoms with Crippen LogP contribution < -0.4 is 10.9 Å². The highest BCUT2D eigenvalue weighted by atomic mass is 16.5. The summed E-state index contributed by atoms with van der Waals surface area (Å²) in [5.41, 5.74) is -1.57.